The van der Waals surface area contributed by atoms with E-state index in [2.05, 4.69) is 41.5 Å². The highest BCUT2D eigenvalue weighted by Gasteiger charge is 2.25. The van der Waals surface area contributed by atoms with Gasteiger partial charge in [0.1, 0.15) is 0 Å². The number of hydrogen-bond acceptors (Lipinski definition) is 2. The van der Waals surface area contributed by atoms with Gasteiger partial charge in [0.05, 0.1) is 0 Å². The van der Waals surface area contributed by atoms with Gasteiger partial charge in [-0.25, -0.2) is 0 Å². The number of para-hydroxylation sites is 1. The van der Waals surface area contributed by atoms with Crippen LogP contribution in [-0.2, 0) is 6.42 Å². The Bertz CT molecular complexity index is 384. The monoisotopic (exact) mass is 230 g/mol. The van der Waals surface area contributed by atoms with E-state index in [9.17, 15) is 0 Å². The minimum Gasteiger partial charge on any atom is -0.384 e. The molecule has 1 unspecified atom stereocenters. The Morgan fingerprint density at radius 1 is 1.29 bits per heavy atom. The van der Waals surface area contributed by atoms with Crippen LogP contribution < -0.4 is 5.32 Å². The molecule has 0 saturated heterocycles. The van der Waals surface area contributed by atoms with Gasteiger partial charge in [0.25, 0.3) is 0 Å². The van der Waals surface area contributed by atoms with Crippen molar-refractivity contribution in [1.82, 2.24) is 4.90 Å². The van der Waals surface area contributed by atoms with Gasteiger partial charge in [-0.15, -0.1) is 0 Å². The molecule has 1 aliphatic carbocycles. The molecule has 1 aliphatic heterocycles. The lowest BCUT2D eigenvalue weighted by Crippen LogP contribution is -2.42. The molecule has 2 heteroatoms. The lowest BCUT2D eigenvalue weighted by Gasteiger charge is -2.38. The summed E-state index contributed by atoms with van der Waals surface area (Å²) in [5.41, 5.74) is 2.83. The number of benzene rings is 1. The number of rotatable bonds is 3. The van der Waals surface area contributed by atoms with Crippen molar-refractivity contribution >= 4 is 5.69 Å². The first-order chi connectivity index (χ1) is 8.33. The van der Waals surface area contributed by atoms with Gasteiger partial charge in [-0.1, -0.05) is 24.6 Å². The molecule has 3 rings (SSSR count). The summed E-state index contributed by atoms with van der Waals surface area (Å²) in [6.45, 7) is 2.38. The fourth-order valence-corrected chi connectivity index (χ4v) is 3.02. The molecule has 1 heterocycles. The SMILES string of the molecule is CN(CC1CNc2ccccc2C1)C1CCC1. The highest BCUT2D eigenvalue weighted by atomic mass is 15.1. The Labute approximate surface area is 104 Å². The van der Waals surface area contributed by atoms with Gasteiger partial charge >= 0.3 is 0 Å². The van der Waals surface area contributed by atoms with E-state index in [4.69, 9.17) is 0 Å². The summed E-state index contributed by atoms with van der Waals surface area (Å²) in [5, 5.41) is 3.57. The van der Waals surface area contributed by atoms with Crippen LogP contribution in [0.25, 0.3) is 0 Å². The van der Waals surface area contributed by atoms with Gasteiger partial charge in [0.15, 0.2) is 0 Å². The third-order valence-electron chi connectivity index (χ3n) is 4.35. The minimum absolute atomic E-state index is 0.774. The van der Waals surface area contributed by atoms with Crippen LogP contribution in [0.4, 0.5) is 5.69 Å². The Hall–Kier alpha value is -1.02. The van der Waals surface area contributed by atoms with Crippen molar-refractivity contribution in [3.8, 4) is 0 Å². The Kier molecular flexibility index (Phi) is 3.06. The maximum Gasteiger partial charge on any atom is 0.0372 e. The Morgan fingerprint density at radius 2 is 2.12 bits per heavy atom. The zero-order chi connectivity index (χ0) is 11.7. The highest BCUT2D eigenvalue weighted by molar-refractivity contribution is 5.53. The third-order valence-corrected chi connectivity index (χ3v) is 4.35. The molecule has 0 bridgehead atoms. The van der Waals surface area contributed by atoms with Gasteiger partial charge in [0, 0.05) is 24.8 Å². The van der Waals surface area contributed by atoms with Gasteiger partial charge in [-0.3, -0.25) is 0 Å². The zero-order valence-electron chi connectivity index (χ0n) is 10.7. The van der Waals surface area contributed by atoms with Gasteiger partial charge in [-0.2, -0.15) is 0 Å². The maximum atomic E-state index is 3.57. The summed E-state index contributed by atoms with van der Waals surface area (Å²) < 4.78 is 0. The van der Waals surface area contributed by atoms with Crippen LogP contribution in [0.1, 0.15) is 24.8 Å². The van der Waals surface area contributed by atoms with E-state index in [1.54, 1.807) is 0 Å². The minimum atomic E-state index is 0.774. The third kappa shape index (κ3) is 2.32. The number of anilines is 1. The summed E-state index contributed by atoms with van der Waals surface area (Å²) in [6.07, 6.45) is 5.49. The topological polar surface area (TPSA) is 15.3 Å². The predicted octanol–water partition coefficient (Wildman–Crippen LogP) is 2.76. The summed E-state index contributed by atoms with van der Waals surface area (Å²) in [7, 11) is 2.30. The van der Waals surface area contributed by atoms with E-state index in [0.29, 0.717) is 0 Å². The molecule has 0 amide bonds. The van der Waals surface area contributed by atoms with E-state index in [0.717, 1.165) is 18.5 Å². The molecule has 1 N–H and O–H groups in total. The van der Waals surface area contributed by atoms with Crippen molar-refractivity contribution in [1.29, 1.82) is 0 Å². The maximum absolute atomic E-state index is 3.57. The lowest BCUT2D eigenvalue weighted by molar-refractivity contribution is 0.139. The van der Waals surface area contributed by atoms with Crippen LogP contribution in [0.15, 0.2) is 24.3 Å². The summed E-state index contributed by atoms with van der Waals surface area (Å²) in [6, 6.07) is 9.59. The number of hydrogen-bond donors (Lipinski definition) is 1. The standard InChI is InChI=1S/C15H22N2/c1-17(14-6-4-7-14)11-12-9-13-5-2-3-8-15(13)16-10-12/h2-3,5,8,12,14,16H,4,6-7,9-11H2,1H3. The second-order valence-electron chi connectivity index (χ2n) is 5.63. The molecule has 1 fully saturated rings. The fraction of sp³-hybridized carbons (Fsp3) is 0.600. The second kappa shape index (κ2) is 4.69. The van der Waals surface area contributed by atoms with Gasteiger partial charge < -0.3 is 10.2 Å². The molecule has 1 aromatic rings. The number of nitrogens with zero attached hydrogens (tertiary/aromatic N) is 1. The van der Waals surface area contributed by atoms with Crippen LogP contribution >= 0.6 is 0 Å². The van der Waals surface area contributed by atoms with Crippen molar-refractivity contribution in [3.63, 3.8) is 0 Å². The van der Waals surface area contributed by atoms with Crippen molar-refractivity contribution in [2.24, 2.45) is 5.92 Å². The largest absolute Gasteiger partial charge is 0.384 e. The smallest absolute Gasteiger partial charge is 0.0372 e. The van der Waals surface area contributed by atoms with Crippen molar-refractivity contribution in [2.45, 2.75) is 31.7 Å². The Balaban J connectivity index is 1.60. The molecule has 17 heavy (non-hydrogen) atoms. The van der Waals surface area contributed by atoms with E-state index >= 15 is 0 Å². The van der Waals surface area contributed by atoms with E-state index in [1.165, 1.54) is 43.5 Å². The molecule has 0 aromatic heterocycles. The molecule has 1 aromatic carbocycles. The van der Waals surface area contributed by atoms with Crippen LogP contribution in [0, 0.1) is 5.92 Å². The van der Waals surface area contributed by atoms with E-state index in [-0.39, 0.29) is 0 Å². The van der Waals surface area contributed by atoms with E-state index in [1.807, 2.05) is 0 Å². The molecule has 1 saturated carbocycles. The van der Waals surface area contributed by atoms with Crippen LogP contribution in [0.2, 0.25) is 0 Å². The summed E-state index contributed by atoms with van der Waals surface area (Å²) in [5.74, 6) is 0.774. The molecule has 2 nitrogen and oxygen atoms in total. The fourth-order valence-electron chi connectivity index (χ4n) is 3.02. The lowest BCUT2D eigenvalue weighted by atomic mass is 9.89. The highest BCUT2D eigenvalue weighted by Crippen LogP contribution is 2.28. The normalized spacial score (nSPS) is 24.0. The first kappa shape index (κ1) is 11.1. The van der Waals surface area contributed by atoms with Crippen molar-refractivity contribution < 1.29 is 0 Å². The van der Waals surface area contributed by atoms with Crippen molar-refractivity contribution in [3.05, 3.63) is 29.8 Å². The molecular formula is C15H22N2. The van der Waals surface area contributed by atoms with Crippen LogP contribution in [0.5, 0.6) is 0 Å². The molecule has 2 aliphatic rings. The first-order valence-corrected chi connectivity index (χ1v) is 6.85. The first-order valence-electron chi connectivity index (χ1n) is 6.85. The molecular weight excluding hydrogens is 208 g/mol. The summed E-state index contributed by atoms with van der Waals surface area (Å²) >= 11 is 0. The van der Waals surface area contributed by atoms with Crippen molar-refractivity contribution in [2.75, 3.05) is 25.5 Å². The molecule has 92 valence electrons. The predicted molar refractivity (Wildman–Crippen MR) is 72.4 cm³/mol. The Morgan fingerprint density at radius 3 is 2.88 bits per heavy atom. The summed E-state index contributed by atoms with van der Waals surface area (Å²) in [4.78, 5) is 2.57. The quantitative estimate of drug-likeness (QED) is 0.859. The van der Waals surface area contributed by atoms with Crippen LogP contribution in [0.3, 0.4) is 0 Å². The molecule has 1 atom stereocenters. The molecule has 0 radical (unpaired) electrons. The average molecular weight is 230 g/mol. The zero-order valence-corrected chi connectivity index (χ0v) is 10.7. The second-order valence-corrected chi connectivity index (χ2v) is 5.63. The van der Waals surface area contributed by atoms with Gasteiger partial charge in [0.2, 0.25) is 0 Å². The van der Waals surface area contributed by atoms with Gasteiger partial charge in [-0.05, 0) is 43.9 Å². The van der Waals surface area contributed by atoms with Crippen LogP contribution in [-0.4, -0.2) is 31.1 Å². The van der Waals surface area contributed by atoms with E-state index < -0.39 is 0 Å². The average Bonchev–Trinajstić information content (AvgIpc) is 2.26. The number of fused-ring (bicyclic) bond motifs is 1. The number of nitrogens with one attached hydrogen (secondary N) is 1. The molecule has 0 spiro atoms.